The van der Waals surface area contributed by atoms with Gasteiger partial charge in [-0.15, -0.1) is 0 Å². The zero-order valence-electron chi connectivity index (χ0n) is 16.2. The molecule has 3 N–H and O–H groups in total. The molecule has 1 aliphatic heterocycles. The Morgan fingerprint density at radius 3 is 2.76 bits per heavy atom. The summed E-state index contributed by atoms with van der Waals surface area (Å²) in [5.74, 6) is 0.0384. The lowest BCUT2D eigenvalue weighted by Crippen LogP contribution is -2.41. The van der Waals surface area contributed by atoms with Crippen LogP contribution in [0.2, 0.25) is 0 Å². The minimum absolute atomic E-state index is 0.0286. The van der Waals surface area contributed by atoms with Gasteiger partial charge in [0, 0.05) is 41.5 Å². The monoisotopic (exact) mass is 393 g/mol. The summed E-state index contributed by atoms with van der Waals surface area (Å²) in [4.78, 5) is 42.9. The molecule has 1 amide bonds. The van der Waals surface area contributed by atoms with Gasteiger partial charge in [-0.1, -0.05) is 30.3 Å². The topological polar surface area (TPSA) is 115 Å². The molecule has 0 aliphatic carbocycles. The molecule has 0 saturated carbocycles. The number of hydrogen-bond acceptors (Lipinski definition) is 4. The molecule has 2 aromatic heterocycles. The van der Waals surface area contributed by atoms with Gasteiger partial charge in [0.1, 0.15) is 0 Å². The maximum Gasteiger partial charge on any atom is 0.325 e. The number of amides is 1. The molecule has 150 valence electrons. The Morgan fingerprint density at radius 1 is 1.21 bits per heavy atom. The number of H-pyrrole nitrogens is 3. The van der Waals surface area contributed by atoms with Crippen LogP contribution in [0.5, 0.6) is 0 Å². The molecule has 0 bridgehead atoms. The number of piperidine rings is 1. The molecule has 0 radical (unpaired) electrons. The van der Waals surface area contributed by atoms with E-state index in [9.17, 15) is 14.4 Å². The van der Waals surface area contributed by atoms with E-state index in [4.69, 9.17) is 0 Å². The maximum atomic E-state index is 12.9. The van der Waals surface area contributed by atoms with Crippen molar-refractivity contribution >= 4 is 5.91 Å². The minimum Gasteiger partial charge on any atom is -0.342 e. The first-order valence-corrected chi connectivity index (χ1v) is 9.71. The number of likely N-dealkylation sites (tertiary alicyclic amines) is 1. The number of nitrogens with zero attached hydrogens (tertiary/aromatic N) is 2. The van der Waals surface area contributed by atoms with Crippen LogP contribution in [0.25, 0.3) is 11.1 Å². The quantitative estimate of drug-likeness (QED) is 0.626. The van der Waals surface area contributed by atoms with E-state index in [1.165, 1.54) is 0 Å². The number of nitrogens with one attached hydrogen (secondary N) is 3. The molecule has 1 fully saturated rings. The van der Waals surface area contributed by atoms with Crippen molar-refractivity contribution in [1.82, 2.24) is 25.1 Å². The SMILES string of the molecule is Cc1[nH]c(=O)[nH]c(=O)c1CC(=O)N1CCC[C@@H](c2[nH]ncc2-c2ccccc2)C1. The lowest BCUT2D eigenvalue weighted by Gasteiger charge is -2.33. The second kappa shape index (κ2) is 7.90. The number of hydrogen-bond donors (Lipinski definition) is 3. The summed E-state index contributed by atoms with van der Waals surface area (Å²) in [5.41, 5.74) is 2.85. The van der Waals surface area contributed by atoms with Crippen LogP contribution in [0.15, 0.2) is 46.1 Å². The molecule has 3 heterocycles. The molecule has 1 aliphatic rings. The Bertz CT molecular complexity index is 1130. The Labute approximate surface area is 167 Å². The largest absolute Gasteiger partial charge is 0.342 e. The van der Waals surface area contributed by atoms with Crippen LogP contribution in [-0.4, -0.2) is 44.1 Å². The van der Waals surface area contributed by atoms with Gasteiger partial charge in [-0.05, 0) is 25.3 Å². The molecule has 1 aromatic carbocycles. The van der Waals surface area contributed by atoms with E-state index in [1.54, 1.807) is 11.8 Å². The first-order valence-electron chi connectivity index (χ1n) is 9.71. The van der Waals surface area contributed by atoms with E-state index in [1.807, 2.05) is 36.5 Å². The third kappa shape index (κ3) is 3.91. The van der Waals surface area contributed by atoms with Crippen LogP contribution >= 0.6 is 0 Å². The lowest BCUT2D eigenvalue weighted by molar-refractivity contribution is -0.131. The van der Waals surface area contributed by atoms with Gasteiger partial charge in [-0.3, -0.25) is 19.7 Å². The zero-order valence-corrected chi connectivity index (χ0v) is 16.2. The molecule has 1 atom stereocenters. The third-order valence-corrected chi connectivity index (χ3v) is 5.52. The van der Waals surface area contributed by atoms with E-state index in [2.05, 4.69) is 20.2 Å². The smallest absolute Gasteiger partial charge is 0.325 e. The molecule has 0 unspecified atom stereocenters. The number of benzene rings is 1. The number of aromatic nitrogens is 4. The summed E-state index contributed by atoms with van der Waals surface area (Å²) < 4.78 is 0. The lowest BCUT2D eigenvalue weighted by atomic mass is 9.90. The number of aryl methyl sites for hydroxylation is 1. The van der Waals surface area contributed by atoms with Crippen LogP contribution in [0, 0.1) is 6.92 Å². The highest BCUT2D eigenvalue weighted by Crippen LogP contribution is 2.33. The summed E-state index contributed by atoms with van der Waals surface area (Å²) in [6.07, 6.45) is 3.64. The fraction of sp³-hybridized carbons (Fsp3) is 0.333. The van der Waals surface area contributed by atoms with Gasteiger partial charge in [0.2, 0.25) is 5.91 Å². The summed E-state index contributed by atoms with van der Waals surface area (Å²) in [6.45, 7) is 2.86. The van der Waals surface area contributed by atoms with Crippen LogP contribution in [0.4, 0.5) is 0 Å². The predicted molar refractivity (Wildman–Crippen MR) is 109 cm³/mol. The minimum atomic E-state index is -0.561. The molecular weight excluding hydrogens is 370 g/mol. The molecule has 29 heavy (non-hydrogen) atoms. The Kier molecular flexibility index (Phi) is 5.16. The van der Waals surface area contributed by atoms with Crippen molar-refractivity contribution in [2.45, 2.75) is 32.1 Å². The first-order chi connectivity index (χ1) is 14.0. The number of carbonyl (C=O) groups is 1. The number of rotatable bonds is 4. The Hall–Kier alpha value is -3.42. The van der Waals surface area contributed by atoms with Gasteiger partial charge in [-0.25, -0.2) is 4.79 Å². The van der Waals surface area contributed by atoms with Gasteiger partial charge in [-0.2, -0.15) is 5.10 Å². The van der Waals surface area contributed by atoms with Crippen molar-refractivity contribution in [1.29, 1.82) is 0 Å². The second-order valence-corrected chi connectivity index (χ2v) is 7.43. The summed E-state index contributed by atoms with van der Waals surface area (Å²) in [7, 11) is 0. The maximum absolute atomic E-state index is 12.9. The molecule has 8 heteroatoms. The van der Waals surface area contributed by atoms with Gasteiger partial charge < -0.3 is 9.88 Å². The number of aromatic amines is 3. The van der Waals surface area contributed by atoms with Crippen LogP contribution < -0.4 is 11.2 Å². The van der Waals surface area contributed by atoms with Crippen molar-refractivity contribution < 1.29 is 4.79 Å². The normalized spacial score (nSPS) is 16.7. The van der Waals surface area contributed by atoms with Crippen LogP contribution in [0.3, 0.4) is 0 Å². The molecule has 1 saturated heterocycles. The van der Waals surface area contributed by atoms with Crippen molar-refractivity contribution in [2.75, 3.05) is 13.1 Å². The third-order valence-electron chi connectivity index (χ3n) is 5.52. The molecule has 4 rings (SSSR count). The van der Waals surface area contributed by atoms with Gasteiger partial charge in [0.05, 0.1) is 12.6 Å². The van der Waals surface area contributed by atoms with E-state index in [-0.39, 0.29) is 18.2 Å². The summed E-state index contributed by atoms with van der Waals surface area (Å²) in [6, 6.07) is 10.1. The highest BCUT2D eigenvalue weighted by molar-refractivity contribution is 5.79. The fourth-order valence-electron chi connectivity index (χ4n) is 4.00. The highest BCUT2D eigenvalue weighted by Gasteiger charge is 2.28. The van der Waals surface area contributed by atoms with Crippen LogP contribution in [0.1, 0.15) is 35.7 Å². The first kappa shape index (κ1) is 18.9. The van der Waals surface area contributed by atoms with Crippen LogP contribution in [-0.2, 0) is 11.2 Å². The van der Waals surface area contributed by atoms with E-state index in [0.717, 1.165) is 29.7 Å². The summed E-state index contributed by atoms with van der Waals surface area (Å²) >= 11 is 0. The van der Waals surface area contributed by atoms with Crippen molar-refractivity contribution in [3.8, 4) is 11.1 Å². The average Bonchev–Trinajstić information content (AvgIpc) is 3.21. The van der Waals surface area contributed by atoms with Gasteiger partial charge >= 0.3 is 5.69 Å². The zero-order chi connectivity index (χ0) is 20.4. The second-order valence-electron chi connectivity index (χ2n) is 7.43. The molecule has 3 aromatic rings. The van der Waals surface area contributed by atoms with Crippen molar-refractivity contribution in [3.05, 3.63) is 74.3 Å². The molecular formula is C21H23N5O3. The Morgan fingerprint density at radius 2 is 2.00 bits per heavy atom. The fourth-order valence-corrected chi connectivity index (χ4v) is 4.00. The van der Waals surface area contributed by atoms with Crippen molar-refractivity contribution in [2.24, 2.45) is 0 Å². The van der Waals surface area contributed by atoms with E-state index >= 15 is 0 Å². The average molecular weight is 393 g/mol. The van der Waals surface area contributed by atoms with E-state index < -0.39 is 11.2 Å². The standard InChI is InChI=1S/C21H23N5O3/c1-13-16(20(28)24-21(29)23-13)10-18(27)26-9-5-8-15(12-26)19-17(11-22-25-19)14-6-3-2-4-7-14/h2-4,6-7,11,15H,5,8-10,12H2,1H3,(H,22,25)(H2,23,24,28,29)/t15-/m1/s1. The van der Waals surface area contributed by atoms with Gasteiger partial charge in [0.15, 0.2) is 0 Å². The van der Waals surface area contributed by atoms with Gasteiger partial charge in [0.25, 0.3) is 5.56 Å². The highest BCUT2D eigenvalue weighted by atomic mass is 16.2. The number of carbonyl (C=O) groups excluding carboxylic acids is 1. The van der Waals surface area contributed by atoms with Crippen molar-refractivity contribution in [3.63, 3.8) is 0 Å². The summed E-state index contributed by atoms with van der Waals surface area (Å²) in [5, 5.41) is 7.36. The molecule has 0 spiro atoms. The predicted octanol–water partition coefficient (Wildman–Crippen LogP) is 1.71. The van der Waals surface area contributed by atoms with E-state index in [0.29, 0.717) is 24.3 Å². The molecule has 8 nitrogen and oxygen atoms in total. The Balaban J connectivity index is 1.53.